The van der Waals surface area contributed by atoms with Crippen molar-refractivity contribution in [3.8, 4) is 0 Å². The second-order valence-corrected chi connectivity index (χ2v) is 12.7. The minimum absolute atomic E-state index is 0.111. The monoisotopic (exact) mass is 492 g/mol. The predicted octanol–water partition coefficient (Wildman–Crippen LogP) is 7.19. The number of hydrogen-bond acceptors (Lipinski definition) is 4. The van der Waals surface area contributed by atoms with Gasteiger partial charge < -0.3 is 4.52 Å². The van der Waals surface area contributed by atoms with E-state index in [9.17, 15) is 4.79 Å². The second-order valence-electron chi connectivity index (χ2n) is 12.7. The van der Waals surface area contributed by atoms with E-state index in [1.54, 1.807) is 0 Å². The smallest absolute Gasteiger partial charge is 0.143 e. The van der Waals surface area contributed by atoms with Crippen molar-refractivity contribution in [1.29, 1.82) is 0 Å². The molecule has 1 saturated carbocycles. The molecule has 0 N–H and O–H groups in total. The zero-order chi connectivity index (χ0) is 25.8. The summed E-state index contributed by atoms with van der Waals surface area (Å²) in [6.45, 7) is 8.63. The molecule has 2 aliphatic carbocycles. The van der Waals surface area contributed by atoms with E-state index in [-0.39, 0.29) is 11.2 Å². The standard InChI is InChI=1S/C33H36N2O2/c1-32(2,3)31-19-25(35-37-31)18-26(36)16-21-5-8-23(9-6-21)29-20-28-27-10-7-22(11-12-33(4)13-14-33)15-24(27)17-30(28)34-29/h5-10,15,19-20,28H,11-14,16-18H2,1-4H3. The number of aromatic nitrogens is 1. The molecule has 3 aliphatic rings. The number of carbonyl (C=O) groups excluding carboxylic acids is 1. The predicted molar refractivity (Wildman–Crippen MR) is 148 cm³/mol. The summed E-state index contributed by atoms with van der Waals surface area (Å²) in [5.41, 5.74) is 9.97. The summed E-state index contributed by atoms with van der Waals surface area (Å²) >= 11 is 0. The minimum Gasteiger partial charge on any atom is -0.361 e. The molecule has 6 rings (SSSR count). The normalized spacial score (nSPS) is 19.3. The number of hydrogen-bond donors (Lipinski definition) is 0. The Morgan fingerprint density at radius 1 is 1.03 bits per heavy atom. The maximum Gasteiger partial charge on any atom is 0.143 e. The Morgan fingerprint density at radius 2 is 1.78 bits per heavy atom. The molecule has 1 unspecified atom stereocenters. The highest BCUT2D eigenvalue weighted by Gasteiger charge is 2.36. The van der Waals surface area contributed by atoms with E-state index in [0.29, 0.717) is 29.9 Å². The highest BCUT2D eigenvalue weighted by atomic mass is 16.5. The molecule has 1 atom stereocenters. The molecule has 0 amide bonds. The fourth-order valence-electron chi connectivity index (χ4n) is 5.50. The molecule has 0 saturated heterocycles. The molecule has 1 aliphatic heterocycles. The van der Waals surface area contributed by atoms with Gasteiger partial charge in [0.15, 0.2) is 0 Å². The van der Waals surface area contributed by atoms with Crippen LogP contribution in [-0.4, -0.2) is 16.7 Å². The first-order valence-electron chi connectivity index (χ1n) is 13.6. The van der Waals surface area contributed by atoms with Gasteiger partial charge in [-0.3, -0.25) is 9.79 Å². The van der Waals surface area contributed by atoms with Crippen molar-refractivity contribution in [2.45, 2.75) is 84.0 Å². The number of benzene rings is 2. The summed E-state index contributed by atoms with van der Waals surface area (Å²) in [5, 5.41) is 4.08. The SMILES string of the molecule is CC1(CCc2ccc3c(c2)CC2=NC(c4ccc(CC(=O)Cc5cc(C(C)(C)C)on5)cc4)=CC23)CC1. The lowest BCUT2D eigenvalue weighted by molar-refractivity contribution is -0.117. The molecule has 4 heteroatoms. The van der Waals surface area contributed by atoms with Gasteiger partial charge in [0, 0.05) is 36.0 Å². The Kier molecular flexibility index (Phi) is 5.82. The number of nitrogens with zero attached hydrogens (tertiary/aromatic N) is 2. The van der Waals surface area contributed by atoms with Gasteiger partial charge >= 0.3 is 0 Å². The quantitative estimate of drug-likeness (QED) is 0.334. The maximum absolute atomic E-state index is 12.6. The molecule has 4 nitrogen and oxygen atoms in total. The van der Waals surface area contributed by atoms with Gasteiger partial charge in [-0.05, 0) is 65.0 Å². The average molecular weight is 493 g/mol. The van der Waals surface area contributed by atoms with E-state index < -0.39 is 0 Å². The van der Waals surface area contributed by atoms with Crippen molar-refractivity contribution in [2.24, 2.45) is 10.4 Å². The maximum atomic E-state index is 12.6. The van der Waals surface area contributed by atoms with Gasteiger partial charge in [0.25, 0.3) is 0 Å². The number of ketones is 1. The molecule has 1 aromatic heterocycles. The van der Waals surface area contributed by atoms with Crippen LogP contribution in [0.3, 0.4) is 0 Å². The first kappa shape index (κ1) is 24.1. The molecular weight excluding hydrogens is 456 g/mol. The van der Waals surface area contributed by atoms with Crippen molar-refractivity contribution in [3.63, 3.8) is 0 Å². The lowest BCUT2D eigenvalue weighted by Gasteiger charge is -2.12. The zero-order valence-corrected chi connectivity index (χ0v) is 22.4. The van der Waals surface area contributed by atoms with Gasteiger partial charge in [0.1, 0.15) is 11.5 Å². The molecule has 0 spiro atoms. The summed E-state index contributed by atoms with van der Waals surface area (Å²) < 4.78 is 5.42. The van der Waals surface area contributed by atoms with Gasteiger partial charge in [-0.2, -0.15) is 0 Å². The number of fused-ring (bicyclic) bond motifs is 3. The molecule has 1 fully saturated rings. The van der Waals surface area contributed by atoms with E-state index in [0.717, 1.165) is 29.0 Å². The summed E-state index contributed by atoms with van der Waals surface area (Å²) in [6, 6.07) is 17.3. The Morgan fingerprint density at radius 3 is 2.49 bits per heavy atom. The van der Waals surface area contributed by atoms with Crippen LogP contribution in [0.1, 0.15) is 92.1 Å². The van der Waals surface area contributed by atoms with E-state index in [1.165, 1.54) is 48.1 Å². The van der Waals surface area contributed by atoms with E-state index in [1.807, 2.05) is 18.2 Å². The Balaban J connectivity index is 1.08. The largest absolute Gasteiger partial charge is 0.361 e. The first-order chi connectivity index (χ1) is 17.6. The van der Waals surface area contributed by atoms with Crippen molar-refractivity contribution < 1.29 is 9.32 Å². The molecule has 3 aromatic rings. The van der Waals surface area contributed by atoms with Crippen LogP contribution in [0, 0.1) is 5.41 Å². The number of carbonyl (C=O) groups is 1. The Bertz CT molecular complexity index is 1410. The van der Waals surface area contributed by atoms with Gasteiger partial charge in [0.05, 0.1) is 17.8 Å². The second kappa shape index (κ2) is 8.93. The van der Waals surface area contributed by atoms with Gasteiger partial charge in [-0.25, -0.2) is 0 Å². The van der Waals surface area contributed by atoms with Crippen molar-refractivity contribution in [3.05, 3.63) is 93.9 Å². The number of aliphatic imine (C=N–C) groups is 1. The van der Waals surface area contributed by atoms with Crippen LogP contribution in [0.4, 0.5) is 0 Å². The molecular formula is C33H36N2O2. The molecule has 0 bridgehead atoms. The van der Waals surface area contributed by atoms with Gasteiger partial charge in [0.2, 0.25) is 0 Å². The third-order valence-corrected chi connectivity index (χ3v) is 8.31. The Hall–Kier alpha value is -3.27. The van der Waals surface area contributed by atoms with Crippen LogP contribution in [-0.2, 0) is 35.9 Å². The average Bonchev–Trinajstić information content (AvgIpc) is 3.19. The van der Waals surface area contributed by atoms with Crippen LogP contribution in [0.5, 0.6) is 0 Å². The fraction of sp³-hybridized carbons (Fsp3) is 0.424. The minimum atomic E-state index is -0.111. The lowest BCUT2D eigenvalue weighted by atomic mass is 9.93. The summed E-state index contributed by atoms with van der Waals surface area (Å²) in [6.07, 6.45) is 9.23. The third kappa shape index (κ3) is 5.12. The van der Waals surface area contributed by atoms with Gasteiger partial charge in [-0.1, -0.05) is 75.3 Å². The number of aryl methyl sites for hydroxylation is 1. The van der Waals surface area contributed by atoms with Crippen LogP contribution < -0.4 is 0 Å². The van der Waals surface area contributed by atoms with E-state index in [2.05, 4.69) is 69.3 Å². The van der Waals surface area contributed by atoms with Crippen molar-refractivity contribution >= 4 is 17.2 Å². The molecule has 190 valence electrons. The van der Waals surface area contributed by atoms with Crippen LogP contribution in [0.15, 0.2) is 64.1 Å². The third-order valence-electron chi connectivity index (χ3n) is 8.31. The van der Waals surface area contributed by atoms with E-state index in [4.69, 9.17) is 9.52 Å². The highest BCUT2D eigenvalue weighted by Crippen LogP contribution is 2.49. The number of rotatable bonds is 8. The molecule has 0 radical (unpaired) electrons. The van der Waals surface area contributed by atoms with Gasteiger partial charge in [-0.15, -0.1) is 0 Å². The fourth-order valence-corrected chi connectivity index (χ4v) is 5.50. The highest BCUT2D eigenvalue weighted by molar-refractivity contribution is 6.05. The van der Waals surface area contributed by atoms with Crippen molar-refractivity contribution in [1.82, 2.24) is 5.16 Å². The Labute approximate surface area is 219 Å². The molecule has 37 heavy (non-hydrogen) atoms. The molecule has 2 heterocycles. The van der Waals surface area contributed by atoms with Crippen LogP contribution in [0.25, 0.3) is 5.70 Å². The van der Waals surface area contributed by atoms with Crippen LogP contribution >= 0.6 is 0 Å². The lowest BCUT2D eigenvalue weighted by Crippen LogP contribution is -2.09. The topological polar surface area (TPSA) is 55.5 Å². The first-order valence-corrected chi connectivity index (χ1v) is 13.6. The summed E-state index contributed by atoms with van der Waals surface area (Å²) in [7, 11) is 0. The summed E-state index contributed by atoms with van der Waals surface area (Å²) in [4.78, 5) is 17.7. The van der Waals surface area contributed by atoms with E-state index >= 15 is 0 Å². The number of Topliss-reactive ketones (excluding diaryl/α,β-unsaturated/α-hetero) is 1. The van der Waals surface area contributed by atoms with Crippen molar-refractivity contribution in [2.75, 3.05) is 0 Å². The van der Waals surface area contributed by atoms with Crippen LogP contribution in [0.2, 0.25) is 0 Å². The zero-order valence-electron chi connectivity index (χ0n) is 22.4. The summed E-state index contributed by atoms with van der Waals surface area (Å²) in [5.74, 6) is 1.25. The molecule has 2 aromatic carbocycles. The number of allylic oxidation sites excluding steroid dienone is 1.